The number of rotatable bonds is 5. The second-order valence-electron chi connectivity index (χ2n) is 4.36. The van der Waals surface area contributed by atoms with Crippen LogP contribution in [0.3, 0.4) is 0 Å². The maximum Gasteiger partial charge on any atom is 0.326 e. The largest absolute Gasteiger partial charge is 0.480 e. The van der Waals surface area contributed by atoms with Crippen molar-refractivity contribution in [3.8, 4) is 0 Å². The van der Waals surface area contributed by atoms with Crippen molar-refractivity contribution in [1.29, 1.82) is 0 Å². The van der Waals surface area contributed by atoms with Crippen LogP contribution in [0.4, 0.5) is 9.52 Å². The highest BCUT2D eigenvalue weighted by Gasteiger charge is 2.18. The molecule has 2 aromatic rings. The summed E-state index contributed by atoms with van der Waals surface area (Å²) in [5, 5.41) is 11.1. The second kappa shape index (κ2) is 5.98. The molecule has 0 saturated carbocycles. The molecule has 2 rings (SSSR count). The fourth-order valence-electron chi connectivity index (χ4n) is 1.70. The first kappa shape index (κ1) is 14.4. The molecule has 1 aromatic carbocycles. The van der Waals surface area contributed by atoms with Crippen LogP contribution in [-0.2, 0) is 11.3 Å². The van der Waals surface area contributed by atoms with Gasteiger partial charge < -0.3 is 15.7 Å². The molecule has 20 heavy (non-hydrogen) atoms. The lowest BCUT2D eigenvalue weighted by molar-refractivity contribution is -0.138. The molecule has 0 aliphatic heterocycles. The van der Waals surface area contributed by atoms with Crippen LogP contribution in [0.1, 0.15) is 17.3 Å². The molecule has 0 saturated heterocycles. The molecule has 5 nitrogen and oxygen atoms in total. The number of thiazole rings is 1. The maximum absolute atomic E-state index is 13.1. The van der Waals surface area contributed by atoms with Gasteiger partial charge in [-0.2, -0.15) is 0 Å². The lowest BCUT2D eigenvalue weighted by Gasteiger charge is -2.15. The number of nitrogens with two attached hydrogens (primary N) is 1. The Morgan fingerprint density at radius 2 is 2.35 bits per heavy atom. The van der Waals surface area contributed by atoms with Crippen LogP contribution in [0, 0.1) is 5.82 Å². The summed E-state index contributed by atoms with van der Waals surface area (Å²) in [6.07, 6.45) is 0. The van der Waals surface area contributed by atoms with E-state index in [1.165, 1.54) is 23.5 Å². The van der Waals surface area contributed by atoms with Crippen LogP contribution in [0.2, 0.25) is 0 Å². The summed E-state index contributed by atoms with van der Waals surface area (Å²) in [5.74, 6) is -1.40. The minimum atomic E-state index is -1.12. The van der Waals surface area contributed by atoms with Crippen molar-refractivity contribution in [2.75, 3.05) is 11.9 Å². The van der Waals surface area contributed by atoms with Crippen molar-refractivity contribution in [1.82, 2.24) is 4.98 Å². The van der Waals surface area contributed by atoms with Crippen molar-refractivity contribution < 1.29 is 14.3 Å². The molecule has 1 unspecified atom stereocenters. The molecule has 3 N–H and O–H groups in total. The van der Waals surface area contributed by atoms with E-state index in [4.69, 9.17) is 10.8 Å². The highest BCUT2D eigenvalue weighted by Crippen LogP contribution is 2.24. The lowest BCUT2D eigenvalue weighted by Crippen LogP contribution is -2.21. The van der Waals surface area contributed by atoms with Gasteiger partial charge in [0.25, 0.3) is 0 Å². The van der Waals surface area contributed by atoms with Gasteiger partial charge in [0.1, 0.15) is 11.9 Å². The summed E-state index contributed by atoms with van der Waals surface area (Å²) in [6.45, 7) is 0.479. The number of benzene rings is 1. The summed E-state index contributed by atoms with van der Waals surface area (Å²) in [7, 11) is 1.81. The Balaban J connectivity index is 2.10. The van der Waals surface area contributed by atoms with E-state index in [1.54, 1.807) is 18.5 Å². The number of hydrogen-bond donors (Lipinski definition) is 2. The highest BCUT2D eigenvalue weighted by atomic mass is 32.1. The summed E-state index contributed by atoms with van der Waals surface area (Å²) >= 11 is 1.30. The number of nitrogens with zero attached hydrogens (tertiary/aromatic N) is 2. The molecule has 0 fully saturated rings. The average Bonchev–Trinajstić information content (AvgIpc) is 2.87. The normalized spacial score (nSPS) is 12.2. The third kappa shape index (κ3) is 3.31. The molecular formula is C13H14FN3O2S. The van der Waals surface area contributed by atoms with Crippen molar-refractivity contribution in [2.24, 2.45) is 5.73 Å². The van der Waals surface area contributed by atoms with E-state index in [0.717, 1.165) is 5.56 Å². The molecule has 0 spiro atoms. The number of aliphatic carboxylic acids is 1. The van der Waals surface area contributed by atoms with E-state index in [1.807, 2.05) is 11.0 Å². The first-order valence-electron chi connectivity index (χ1n) is 5.87. The fraction of sp³-hybridized carbons (Fsp3) is 0.231. The van der Waals surface area contributed by atoms with E-state index in [0.29, 0.717) is 17.4 Å². The third-order valence-electron chi connectivity index (χ3n) is 2.73. The van der Waals surface area contributed by atoms with Gasteiger partial charge in [0.05, 0.1) is 5.69 Å². The van der Waals surface area contributed by atoms with Crippen molar-refractivity contribution in [3.63, 3.8) is 0 Å². The van der Waals surface area contributed by atoms with E-state index >= 15 is 0 Å². The van der Waals surface area contributed by atoms with Crippen molar-refractivity contribution in [3.05, 3.63) is 46.7 Å². The fourth-order valence-corrected chi connectivity index (χ4v) is 2.53. The third-order valence-corrected chi connectivity index (χ3v) is 3.70. The zero-order chi connectivity index (χ0) is 14.7. The van der Waals surface area contributed by atoms with Crippen LogP contribution in [0.5, 0.6) is 0 Å². The number of hydrogen-bond acceptors (Lipinski definition) is 5. The molecule has 0 aliphatic rings. The molecule has 0 radical (unpaired) electrons. The van der Waals surface area contributed by atoms with Gasteiger partial charge in [-0.3, -0.25) is 4.79 Å². The minimum Gasteiger partial charge on any atom is -0.480 e. The van der Waals surface area contributed by atoms with Crippen LogP contribution in [0.25, 0.3) is 0 Å². The Kier molecular flexibility index (Phi) is 4.31. The Bertz CT molecular complexity index is 617. The Morgan fingerprint density at radius 3 is 3.00 bits per heavy atom. The van der Waals surface area contributed by atoms with Gasteiger partial charge in [0, 0.05) is 19.0 Å². The van der Waals surface area contributed by atoms with Gasteiger partial charge in [-0.15, -0.1) is 11.3 Å². The molecule has 0 bridgehead atoms. The van der Waals surface area contributed by atoms with Gasteiger partial charge in [-0.25, -0.2) is 9.37 Å². The summed E-state index contributed by atoms with van der Waals surface area (Å²) in [4.78, 5) is 16.8. The highest BCUT2D eigenvalue weighted by molar-refractivity contribution is 7.13. The Labute approximate surface area is 119 Å². The minimum absolute atomic E-state index is 0.288. The number of halogens is 1. The number of carboxylic acid groups (broad SMARTS) is 1. The van der Waals surface area contributed by atoms with Crippen molar-refractivity contribution in [2.45, 2.75) is 12.6 Å². The zero-order valence-corrected chi connectivity index (χ0v) is 11.6. The quantitative estimate of drug-likeness (QED) is 0.882. The van der Waals surface area contributed by atoms with E-state index < -0.39 is 12.0 Å². The number of aromatic nitrogens is 1. The smallest absolute Gasteiger partial charge is 0.326 e. The van der Waals surface area contributed by atoms with E-state index in [9.17, 15) is 9.18 Å². The number of carboxylic acids is 1. The molecule has 0 amide bonds. The first-order chi connectivity index (χ1) is 9.47. The summed E-state index contributed by atoms with van der Waals surface area (Å²) in [5.41, 5.74) is 6.63. The van der Waals surface area contributed by atoms with Gasteiger partial charge >= 0.3 is 5.97 Å². The second-order valence-corrected chi connectivity index (χ2v) is 5.19. The van der Waals surface area contributed by atoms with Gasteiger partial charge in [0.15, 0.2) is 5.13 Å². The Morgan fingerprint density at radius 1 is 1.60 bits per heavy atom. The average molecular weight is 295 g/mol. The molecule has 106 valence electrons. The van der Waals surface area contributed by atoms with Crippen LogP contribution >= 0.6 is 11.3 Å². The van der Waals surface area contributed by atoms with Crippen molar-refractivity contribution >= 4 is 22.4 Å². The van der Waals surface area contributed by atoms with Crippen LogP contribution in [0.15, 0.2) is 29.6 Å². The maximum atomic E-state index is 13.1. The topological polar surface area (TPSA) is 79.5 Å². The van der Waals surface area contributed by atoms with Crippen LogP contribution < -0.4 is 10.6 Å². The lowest BCUT2D eigenvalue weighted by atomic mass is 10.2. The number of carbonyl (C=O) groups is 1. The van der Waals surface area contributed by atoms with Gasteiger partial charge in [0.2, 0.25) is 0 Å². The zero-order valence-electron chi connectivity index (χ0n) is 10.8. The van der Waals surface area contributed by atoms with Crippen LogP contribution in [-0.4, -0.2) is 23.1 Å². The summed E-state index contributed by atoms with van der Waals surface area (Å²) in [6, 6.07) is 5.18. The standard InChI is InChI=1S/C13H14FN3O2S/c1-17(6-8-3-2-4-9(14)5-8)13-16-10(7-20-13)11(15)12(18)19/h2-5,7,11H,6,15H2,1H3,(H,18,19). The molecule has 7 heteroatoms. The monoisotopic (exact) mass is 295 g/mol. The molecule has 1 heterocycles. The molecule has 1 atom stereocenters. The Hall–Kier alpha value is -1.99. The van der Waals surface area contributed by atoms with E-state index in [2.05, 4.69) is 4.98 Å². The first-order valence-corrected chi connectivity index (χ1v) is 6.74. The van der Waals surface area contributed by atoms with Gasteiger partial charge in [-0.1, -0.05) is 12.1 Å². The predicted octanol–water partition coefficient (Wildman–Crippen LogP) is 2.00. The molecule has 0 aliphatic carbocycles. The molecule has 1 aromatic heterocycles. The SMILES string of the molecule is CN(Cc1cccc(F)c1)c1nc(C(N)C(=O)O)cs1. The summed E-state index contributed by atoms with van der Waals surface area (Å²) < 4.78 is 13.1. The van der Waals surface area contributed by atoms with E-state index in [-0.39, 0.29) is 5.82 Å². The van der Waals surface area contributed by atoms with Gasteiger partial charge in [-0.05, 0) is 17.7 Å². The predicted molar refractivity (Wildman–Crippen MR) is 75.2 cm³/mol. The number of anilines is 1. The molecular weight excluding hydrogens is 281 g/mol.